The van der Waals surface area contributed by atoms with E-state index < -0.39 is 0 Å². The van der Waals surface area contributed by atoms with E-state index in [9.17, 15) is 4.79 Å². The van der Waals surface area contributed by atoms with Gasteiger partial charge in [0, 0.05) is 13.1 Å². The van der Waals surface area contributed by atoms with Crippen molar-refractivity contribution < 1.29 is 9.42 Å². The predicted molar refractivity (Wildman–Crippen MR) is 79.4 cm³/mol. The van der Waals surface area contributed by atoms with Crippen molar-refractivity contribution in [3.05, 3.63) is 23.5 Å². The fraction of sp³-hybridized carbons (Fsp3) is 0.500. The maximum Gasteiger partial charge on any atom is 0.230 e. The van der Waals surface area contributed by atoms with E-state index in [0.717, 1.165) is 30.9 Å². The molecule has 1 saturated heterocycles. The van der Waals surface area contributed by atoms with E-state index in [1.807, 2.05) is 19.1 Å². The molecule has 8 nitrogen and oxygen atoms in total. The van der Waals surface area contributed by atoms with Crippen molar-refractivity contribution >= 4 is 17.5 Å². The maximum atomic E-state index is 12.4. The van der Waals surface area contributed by atoms with E-state index in [-0.39, 0.29) is 11.8 Å². The number of amides is 1. The van der Waals surface area contributed by atoms with Gasteiger partial charge in [-0.05, 0) is 44.0 Å². The molecule has 116 valence electrons. The van der Waals surface area contributed by atoms with E-state index in [1.54, 1.807) is 6.92 Å². The molecular formula is C14H18N6O2. The topological polar surface area (TPSA) is 97.0 Å². The van der Waals surface area contributed by atoms with Crippen molar-refractivity contribution in [2.75, 3.05) is 23.3 Å². The molecular weight excluding hydrogens is 284 g/mol. The molecule has 0 aromatic carbocycles. The Kier molecular flexibility index (Phi) is 3.99. The van der Waals surface area contributed by atoms with Crippen molar-refractivity contribution in [2.24, 2.45) is 5.92 Å². The van der Waals surface area contributed by atoms with Gasteiger partial charge in [0.25, 0.3) is 0 Å². The lowest BCUT2D eigenvalue weighted by Crippen LogP contribution is -2.41. The third kappa shape index (κ3) is 3.05. The van der Waals surface area contributed by atoms with Gasteiger partial charge in [-0.25, -0.2) is 4.63 Å². The third-order valence-electron chi connectivity index (χ3n) is 3.79. The Morgan fingerprint density at radius 2 is 2.18 bits per heavy atom. The minimum Gasteiger partial charge on any atom is -0.354 e. The number of nitrogens with zero attached hydrogens (tertiary/aromatic N) is 5. The molecule has 1 atom stereocenters. The van der Waals surface area contributed by atoms with Crippen LogP contribution in [0.4, 0.5) is 11.6 Å². The highest BCUT2D eigenvalue weighted by molar-refractivity contribution is 5.92. The molecule has 2 aromatic heterocycles. The lowest BCUT2D eigenvalue weighted by atomic mass is 9.97. The molecule has 0 bridgehead atoms. The number of aryl methyl sites for hydroxylation is 2. The number of carbonyl (C=O) groups excluding carboxylic acids is 1. The lowest BCUT2D eigenvalue weighted by Gasteiger charge is -2.32. The van der Waals surface area contributed by atoms with E-state index in [4.69, 9.17) is 0 Å². The second kappa shape index (κ2) is 6.08. The second-order valence-electron chi connectivity index (χ2n) is 5.51. The number of hydrogen-bond acceptors (Lipinski definition) is 7. The van der Waals surface area contributed by atoms with Gasteiger partial charge in [-0.3, -0.25) is 4.79 Å². The molecule has 1 N–H and O–H groups in total. The molecule has 1 unspecified atom stereocenters. The monoisotopic (exact) mass is 302 g/mol. The molecule has 1 fully saturated rings. The quantitative estimate of drug-likeness (QED) is 0.913. The summed E-state index contributed by atoms with van der Waals surface area (Å²) in [5, 5.41) is 18.4. The molecule has 1 amide bonds. The van der Waals surface area contributed by atoms with Crippen LogP contribution < -0.4 is 10.2 Å². The Hall–Kier alpha value is -2.51. The predicted octanol–water partition coefficient (Wildman–Crippen LogP) is 1.33. The molecule has 0 saturated carbocycles. The van der Waals surface area contributed by atoms with Crippen molar-refractivity contribution in [3.63, 3.8) is 0 Å². The molecule has 0 radical (unpaired) electrons. The SMILES string of the molecule is Cc1ccc(N2CCCC(C(=O)Nc3nonc3C)C2)nn1. The van der Waals surface area contributed by atoms with Gasteiger partial charge in [0.05, 0.1) is 11.6 Å². The molecule has 22 heavy (non-hydrogen) atoms. The molecule has 1 aliphatic heterocycles. The van der Waals surface area contributed by atoms with Crippen LogP contribution in [-0.4, -0.2) is 39.5 Å². The maximum absolute atomic E-state index is 12.4. The number of rotatable bonds is 3. The Morgan fingerprint density at radius 1 is 1.32 bits per heavy atom. The third-order valence-corrected chi connectivity index (χ3v) is 3.79. The van der Waals surface area contributed by atoms with Gasteiger partial charge in [0.2, 0.25) is 5.91 Å². The lowest BCUT2D eigenvalue weighted by molar-refractivity contribution is -0.120. The van der Waals surface area contributed by atoms with Crippen LogP contribution in [0.25, 0.3) is 0 Å². The second-order valence-corrected chi connectivity index (χ2v) is 5.51. The zero-order valence-corrected chi connectivity index (χ0v) is 12.6. The van der Waals surface area contributed by atoms with Gasteiger partial charge >= 0.3 is 0 Å². The Bertz CT molecular complexity index is 654. The zero-order chi connectivity index (χ0) is 15.5. The highest BCUT2D eigenvalue weighted by Crippen LogP contribution is 2.22. The molecule has 0 spiro atoms. The van der Waals surface area contributed by atoms with Crippen LogP contribution in [0.3, 0.4) is 0 Å². The van der Waals surface area contributed by atoms with Gasteiger partial charge in [0.15, 0.2) is 11.6 Å². The molecule has 0 aliphatic carbocycles. The fourth-order valence-corrected chi connectivity index (χ4v) is 2.52. The zero-order valence-electron chi connectivity index (χ0n) is 12.6. The van der Waals surface area contributed by atoms with E-state index in [1.165, 1.54) is 0 Å². The van der Waals surface area contributed by atoms with Crippen molar-refractivity contribution in [1.82, 2.24) is 20.5 Å². The first-order valence-corrected chi connectivity index (χ1v) is 7.29. The summed E-state index contributed by atoms with van der Waals surface area (Å²) in [6.07, 6.45) is 1.77. The van der Waals surface area contributed by atoms with Gasteiger partial charge in [-0.15, -0.1) is 5.10 Å². The molecule has 2 aromatic rings. The summed E-state index contributed by atoms with van der Waals surface area (Å²) < 4.78 is 4.59. The number of nitrogens with one attached hydrogen (secondary N) is 1. The van der Waals surface area contributed by atoms with Crippen molar-refractivity contribution in [3.8, 4) is 0 Å². The first-order valence-electron chi connectivity index (χ1n) is 7.29. The van der Waals surface area contributed by atoms with Crippen molar-refractivity contribution in [1.29, 1.82) is 0 Å². The number of piperidine rings is 1. The van der Waals surface area contributed by atoms with Crippen LogP contribution in [0.1, 0.15) is 24.2 Å². The fourth-order valence-electron chi connectivity index (χ4n) is 2.52. The summed E-state index contributed by atoms with van der Waals surface area (Å²) in [4.78, 5) is 14.5. The number of hydrogen-bond donors (Lipinski definition) is 1. The van der Waals surface area contributed by atoms with E-state index >= 15 is 0 Å². The number of aromatic nitrogens is 4. The van der Waals surface area contributed by atoms with Crippen LogP contribution in [0.2, 0.25) is 0 Å². The van der Waals surface area contributed by atoms with E-state index in [2.05, 4.69) is 35.4 Å². The summed E-state index contributed by atoms with van der Waals surface area (Å²) in [7, 11) is 0. The number of anilines is 2. The van der Waals surface area contributed by atoms with E-state index in [0.29, 0.717) is 18.1 Å². The van der Waals surface area contributed by atoms with Crippen LogP contribution in [0.15, 0.2) is 16.8 Å². The largest absolute Gasteiger partial charge is 0.354 e. The minimum absolute atomic E-state index is 0.0661. The van der Waals surface area contributed by atoms with Gasteiger partial charge in [-0.2, -0.15) is 5.10 Å². The highest BCUT2D eigenvalue weighted by Gasteiger charge is 2.27. The highest BCUT2D eigenvalue weighted by atomic mass is 16.6. The molecule has 3 rings (SSSR count). The minimum atomic E-state index is -0.118. The smallest absolute Gasteiger partial charge is 0.230 e. The standard InChI is InChI=1S/C14H18N6O2/c1-9-5-6-12(17-16-9)20-7-3-4-11(8-20)14(21)15-13-10(2)18-22-19-13/h5-6,11H,3-4,7-8H2,1-2H3,(H,15,19,21). The Balaban J connectivity index is 1.66. The summed E-state index contributed by atoms with van der Waals surface area (Å²) in [5.41, 5.74) is 1.45. The molecule has 3 heterocycles. The summed E-state index contributed by atoms with van der Waals surface area (Å²) >= 11 is 0. The average Bonchev–Trinajstić information content (AvgIpc) is 2.93. The van der Waals surface area contributed by atoms with Crippen LogP contribution in [0, 0.1) is 19.8 Å². The van der Waals surface area contributed by atoms with Crippen LogP contribution >= 0.6 is 0 Å². The average molecular weight is 302 g/mol. The summed E-state index contributed by atoms with van der Waals surface area (Å²) in [5.74, 6) is 1.01. The Labute approximate surface area is 127 Å². The van der Waals surface area contributed by atoms with Gasteiger partial charge in [0.1, 0.15) is 5.69 Å². The first kappa shape index (κ1) is 14.4. The normalized spacial score (nSPS) is 18.3. The first-order chi connectivity index (χ1) is 10.6. The summed E-state index contributed by atoms with van der Waals surface area (Å²) in [6, 6.07) is 3.87. The van der Waals surface area contributed by atoms with Gasteiger partial charge in [-0.1, -0.05) is 5.16 Å². The molecule has 8 heteroatoms. The van der Waals surface area contributed by atoms with Crippen molar-refractivity contribution in [2.45, 2.75) is 26.7 Å². The van der Waals surface area contributed by atoms with Crippen LogP contribution in [-0.2, 0) is 4.79 Å². The summed E-state index contributed by atoms with van der Waals surface area (Å²) in [6.45, 7) is 5.14. The van der Waals surface area contributed by atoms with Crippen LogP contribution in [0.5, 0.6) is 0 Å². The Morgan fingerprint density at radius 3 is 2.86 bits per heavy atom. The molecule has 1 aliphatic rings. The van der Waals surface area contributed by atoms with Gasteiger partial charge < -0.3 is 10.2 Å². The number of carbonyl (C=O) groups is 1.